The number of quaternary nitrogens is 1. The van der Waals surface area contributed by atoms with E-state index in [1.807, 2.05) is 21.1 Å². The van der Waals surface area contributed by atoms with Crippen LogP contribution in [0.2, 0.25) is 0 Å². The van der Waals surface area contributed by atoms with Gasteiger partial charge in [0, 0.05) is 0 Å². The molecule has 1 atom stereocenters. The average Bonchev–Trinajstić information content (AvgIpc) is 1.62. The maximum absolute atomic E-state index is 8.93. The lowest BCUT2D eigenvalue weighted by molar-refractivity contribution is -0.873. The number of aliphatic hydroxyl groups is 2. The van der Waals surface area contributed by atoms with Crippen LogP contribution in [0.15, 0.2) is 0 Å². The van der Waals surface area contributed by atoms with E-state index in [0.29, 0.717) is 11.0 Å². The van der Waals surface area contributed by atoms with Crippen molar-refractivity contribution in [1.29, 1.82) is 0 Å². The summed E-state index contributed by atoms with van der Waals surface area (Å²) in [4.78, 5) is 0. The van der Waals surface area contributed by atoms with Gasteiger partial charge in [0.25, 0.3) is 0 Å². The van der Waals surface area contributed by atoms with Crippen LogP contribution in [0.4, 0.5) is 0 Å². The molecule has 0 spiro atoms. The number of rotatable bonds is 3. The van der Waals surface area contributed by atoms with Crippen LogP contribution in [0.3, 0.4) is 0 Å². The summed E-state index contributed by atoms with van der Waals surface area (Å²) >= 11 is 0. The fourth-order valence-corrected chi connectivity index (χ4v) is 0.690. The topological polar surface area (TPSA) is 40.5 Å². The van der Waals surface area contributed by atoms with Crippen molar-refractivity contribution < 1.29 is 14.7 Å². The lowest BCUT2D eigenvalue weighted by Crippen LogP contribution is -2.42. The molecule has 3 heteroatoms. The summed E-state index contributed by atoms with van der Waals surface area (Å²) in [6, 6.07) is 0. The Balaban J connectivity index is 3.47. The normalized spacial score (nSPS) is 15.7. The highest BCUT2D eigenvalue weighted by molar-refractivity contribution is 4.47. The summed E-state index contributed by atoms with van der Waals surface area (Å²) in [6.45, 7) is 0.450. The Labute approximate surface area is 56.1 Å². The average molecular weight is 134 g/mol. The zero-order chi connectivity index (χ0) is 7.49. The quantitative estimate of drug-likeness (QED) is 0.488. The Kier molecular flexibility index (Phi) is 3.11. The zero-order valence-corrected chi connectivity index (χ0v) is 6.33. The van der Waals surface area contributed by atoms with Gasteiger partial charge in [-0.1, -0.05) is 0 Å². The third kappa shape index (κ3) is 5.76. The zero-order valence-electron chi connectivity index (χ0n) is 6.33. The minimum absolute atomic E-state index is 0.143. The van der Waals surface area contributed by atoms with E-state index in [2.05, 4.69) is 0 Å². The highest BCUT2D eigenvalue weighted by Gasteiger charge is 2.13. The van der Waals surface area contributed by atoms with Crippen molar-refractivity contribution in [1.82, 2.24) is 0 Å². The molecule has 0 aliphatic carbocycles. The second-order valence-electron chi connectivity index (χ2n) is 3.31. The molecule has 56 valence electrons. The smallest absolute Gasteiger partial charge is 0.126 e. The van der Waals surface area contributed by atoms with E-state index in [1.165, 1.54) is 0 Å². The predicted octanol–water partition coefficient (Wildman–Crippen LogP) is -0.954. The van der Waals surface area contributed by atoms with Crippen molar-refractivity contribution in [2.75, 3.05) is 34.3 Å². The highest BCUT2D eigenvalue weighted by atomic mass is 16.3. The molecule has 0 aromatic rings. The fourth-order valence-electron chi connectivity index (χ4n) is 0.690. The molecule has 0 amide bonds. The summed E-state index contributed by atoms with van der Waals surface area (Å²) in [5.41, 5.74) is 0. The molecule has 0 saturated heterocycles. The van der Waals surface area contributed by atoms with E-state index >= 15 is 0 Å². The molecule has 0 rings (SSSR count). The molecular weight excluding hydrogens is 118 g/mol. The van der Waals surface area contributed by atoms with Crippen molar-refractivity contribution in [3.63, 3.8) is 0 Å². The molecule has 9 heavy (non-hydrogen) atoms. The van der Waals surface area contributed by atoms with Gasteiger partial charge < -0.3 is 14.7 Å². The number of hydrogen-bond acceptors (Lipinski definition) is 2. The molecule has 3 nitrogen and oxygen atoms in total. The largest absolute Gasteiger partial charge is 0.393 e. The van der Waals surface area contributed by atoms with E-state index in [4.69, 9.17) is 10.2 Å². The van der Waals surface area contributed by atoms with Gasteiger partial charge in [0.15, 0.2) is 0 Å². The van der Waals surface area contributed by atoms with Crippen molar-refractivity contribution in [3.05, 3.63) is 0 Å². The lowest BCUT2D eigenvalue weighted by Gasteiger charge is -2.25. The number of hydrogen-bond donors (Lipinski definition) is 2. The van der Waals surface area contributed by atoms with Crippen LogP contribution in [0.1, 0.15) is 0 Å². The molecule has 0 aromatic carbocycles. The molecule has 0 radical (unpaired) electrons. The highest BCUT2D eigenvalue weighted by Crippen LogP contribution is 1.92. The first-order valence-corrected chi connectivity index (χ1v) is 3.05. The van der Waals surface area contributed by atoms with Gasteiger partial charge in [0.2, 0.25) is 0 Å². The maximum atomic E-state index is 8.93. The lowest BCUT2D eigenvalue weighted by atomic mass is 10.3. The third-order valence-electron chi connectivity index (χ3n) is 0.969. The molecule has 2 N–H and O–H groups in total. The molecule has 0 fully saturated rings. The van der Waals surface area contributed by atoms with Crippen LogP contribution >= 0.6 is 0 Å². The Bertz CT molecular complexity index is 77.6. The summed E-state index contributed by atoms with van der Waals surface area (Å²) < 4.78 is 0.682. The first-order chi connectivity index (χ1) is 3.95. The van der Waals surface area contributed by atoms with E-state index in [1.54, 1.807) is 0 Å². The van der Waals surface area contributed by atoms with Crippen molar-refractivity contribution in [2.45, 2.75) is 6.10 Å². The van der Waals surface area contributed by atoms with Gasteiger partial charge in [-0.25, -0.2) is 0 Å². The summed E-state index contributed by atoms with van der Waals surface area (Å²) in [5, 5.41) is 17.4. The van der Waals surface area contributed by atoms with Crippen LogP contribution in [-0.4, -0.2) is 55.1 Å². The van der Waals surface area contributed by atoms with Crippen molar-refractivity contribution >= 4 is 0 Å². The second-order valence-corrected chi connectivity index (χ2v) is 3.31. The predicted molar refractivity (Wildman–Crippen MR) is 36.0 cm³/mol. The van der Waals surface area contributed by atoms with Gasteiger partial charge in [-0.15, -0.1) is 0 Å². The first kappa shape index (κ1) is 8.88. The van der Waals surface area contributed by atoms with Gasteiger partial charge in [0.05, 0.1) is 27.7 Å². The first-order valence-electron chi connectivity index (χ1n) is 3.05. The van der Waals surface area contributed by atoms with Gasteiger partial charge >= 0.3 is 0 Å². The monoisotopic (exact) mass is 134 g/mol. The Morgan fingerprint density at radius 1 is 1.33 bits per heavy atom. The molecular formula is C6H16NO2+. The van der Waals surface area contributed by atoms with Gasteiger partial charge in [-0.2, -0.15) is 0 Å². The molecule has 0 aromatic heterocycles. The van der Waals surface area contributed by atoms with Gasteiger partial charge in [0.1, 0.15) is 12.6 Å². The molecule has 0 bridgehead atoms. The van der Waals surface area contributed by atoms with E-state index < -0.39 is 6.10 Å². The number of nitrogens with zero attached hydrogens (tertiary/aromatic N) is 1. The van der Waals surface area contributed by atoms with Crippen LogP contribution in [0.25, 0.3) is 0 Å². The minimum Gasteiger partial charge on any atom is -0.393 e. The van der Waals surface area contributed by atoms with E-state index in [-0.39, 0.29) is 6.61 Å². The van der Waals surface area contributed by atoms with Crippen LogP contribution < -0.4 is 0 Å². The molecule has 1 unspecified atom stereocenters. The maximum Gasteiger partial charge on any atom is 0.126 e. The van der Waals surface area contributed by atoms with Gasteiger partial charge in [-0.05, 0) is 0 Å². The standard InChI is InChI=1S/C6H16NO2/c1-7(2,3)4-6(9)5-8/h6,8-9H,4-5H2,1-3H3/q+1. The van der Waals surface area contributed by atoms with Crippen LogP contribution in [0.5, 0.6) is 0 Å². The van der Waals surface area contributed by atoms with Crippen molar-refractivity contribution in [2.24, 2.45) is 0 Å². The SMILES string of the molecule is C[N+](C)(C)CC(O)CO. The minimum atomic E-state index is -0.579. The summed E-state index contributed by atoms with van der Waals surface area (Å²) in [5.74, 6) is 0. The van der Waals surface area contributed by atoms with Gasteiger partial charge in [-0.3, -0.25) is 0 Å². The Hall–Kier alpha value is -0.120. The molecule has 0 aliphatic heterocycles. The van der Waals surface area contributed by atoms with Crippen LogP contribution in [-0.2, 0) is 0 Å². The summed E-state index contributed by atoms with van der Waals surface area (Å²) in [7, 11) is 5.91. The Morgan fingerprint density at radius 2 is 1.78 bits per heavy atom. The number of likely N-dealkylation sites (N-methyl/N-ethyl adjacent to an activating group) is 1. The fraction of sp³-hybridized carbons (Fsp3) is 1.00. The Morgan fingerprint density at radius 3 is 1.89 bits per heavy atom. The third-order valence-corrected chi connectivity index (χ3v) is 0.969. The molecule has 0 heterocycles. The molecule has 0 saturated carbocycles. The summed E-state index contributed by atoms with van der Waals surface area (Å²) in [6.07, 6.45) is -0.579. The van der Waals surface area contributed by atoms with Crippen molar-refractivity contribution in [3.8, 4) is 0 Å². The van der Waals surface area contributed by atoms with E-state index in [0.717, 1.165) is 0 Å². The second kappa shape index (κ2) is 3.15. The number of aliphatic hydroxyl groups excluding tert-OH is 2. The van der Waals surface area contributed by atoms with E-state index in [9.17, 15) is 0 Å². The molecule has 0 aliphatic rings. The van der Waals surface area contributed by atoms with Crippen LogP contribution in [0, 0.1) is 0 Å².